The number of nitrogens with zero attached hydrogens (tertiary/aromatic N) is 1. The van der Waals surface area contributed by atoms with Gasteiger partial charge in [-0.25, -0.2) is 5.26 Å². The van der Waals surface area contributed by atoms with E-state index in [2.05, 4.69) is 6.57 Å². The van der Waals surface area contributed by atoms with Gasteiger partial charge in [0.2, 0.25) is 0 Å². The molecule has 0 aliphatic heterocycles. The first-order chi connectivity index (χ1) is 7.24. The number of nitrogens with two attached hydrogens (primary N) is 1. The summed E-state index contributed by atoms with van der Waals surface area (Å²) >= 11 is 0. The van der Waals surface area contributed by atoms with Gasteiger partial charge in [-0.05, 0) is 12.0 Å². The first-order valence-electron chi connectivity index (χ1n) is 4.59. The molecule has 4 N–H and O–H groups in total. The summed E-state index contributed by atoms with van der Waals surface area (Å²) in [6.45, 7) is 3.41. The lowest BCUT2D eigenvalue weighted by atomic mass is 10.0. The molecule has 1 aromatic carbocycles. The maximum Gasteiger partial charge on any atom is 0.0805 e. The van der Waals surface area contributed by atoms with Crippen molar-refractivity contribution in [1.82, 2.24) is 0 Å². The third-order valence-corrected chi connectivity index (χ3v) is 1.94. The van der Waals surface area contributed by atoms with Crippen molar-refractivity contribution in [3.63, 3.8) is 0 Å². The lowest BCUT2D eigenvalue weighted by Gasteiger charge is -2.14. The highest BCUT2D eigenvalue weighted by molar-refractivity contribution is 5.17. The predicted octanol–water partition coefficient (Wildman–Crippen LogP) is 0.569. The first-order valence-corrected chi connectivity index (χ1v) is 4.59. The van der Waals surface area contributed by atoms with Crippen LogP contribution in [0.15, 0.2) is 30.3 Å². The molecule has 82 valence electrons. The largest absolute Gasteiger partial charge is 0.395 e. The molecule has 1 aromatic rings. The number of aliphatic hydroxyl groups is 2. The Balaban J connectivity index is 0.000000921. The van der Waals surface area contributed by atoms with Crippen LogP contribution in [0.2, 0.25) is 0 Å². The molecule has 2 atom stereocenters. The molecule has 0 saturated heterocycles. The molecular weight excluding hydrogens is 192 g/mol. The smallest absolute Gasteiger partial charge is 0.0805 e. The predicted molar refractivity (Wildman–Crippen MR) is 57.8 cm³/mol. The Morgan fingerprint density at radius 1 is 1.27 bits per heavy atom. The Bertz CT molecular complexity index is 274. The monoisotopic (exact) mass is 208 g/mol. The van der Waals surface area contributed by atoms with Crippen LogP contribution in [0.4, 0.5) is 0 Å². The van der Waals surface area contributed by atoms with Crippen molar-refractivity contribution in [2.24, 2.45) is 5.73 Å². The summed E-state index contributed by atoms with van der Waals surface area (Å²) < 4.78 is 0. The SMILES string of the molecule is C#N.N[C@@H](CO)C[C@H](O)c1ccccc1. The summed E-state index contributed by atoms with van der Waals surface area (Å²) in [6.07, 6.45) is -0.191. The Morgan fingerprint density at radius 2 is 1.80 bits per heavy atom. The molecule has 4 heteroatoms. The fourth-order valence-electron chi connectivity index (χ4n) is 1.17. The molecular formula is C11H16N2O2. The number of rotatable bonds is 4. The van der Waals surface area contributed by atoms with E-state index in [-0.39, 0.29) is 12.6 Å². The zero-order valence-electron chi connectivity index (χ0n) is 8.45. The molecule has 0 aliphatic carbocycles. The summed E-state index contributed by atoms with van der Waals surface area (Å²) in [5.41, 5.74) is 6.34. The molecule has 0 unspecified atom stereocenters. The van der Waals surface area contributed by atoms with Crippen LogP contribution in [-0.4, -0.2) is 22.9 Å². The van der Waals surface area contributed by atoms with E-state index in [1.807, 2.05) is 30.3 Å². The van der Waals surface area contributed by atoms with Gasteiger partial charge in [-0.3, -0.25) is 0 Å². The number of hydrogen-bond acceptors (Lipinski definition) is 4. The minimum absolute atomic E-state index is 0.0934. The van der Waals surface area contributed by atoms with Gasteiger partial charge in [0.1, 0.15) is 0 Å². The van der Waals surface area contributed by atoms with E-state index in [1.165, 1.54) is 0 Å². The zero-order chi connectivity index (χ0) is 11.7. The van der Waals surface area contributed by atoms with E-state index < -0.39 is 6.10 Å². The third-order valence-electron chi connectivity index (χ3n) is 1.94. The molecule has 0 saturated carbocycles. The molecule has 0 bridgehead atoms. The van der Waals surface area contributed by atoms with Crippen molar-refractivity contribution in [2.45, 2.75) is 18.6 Å². The van der Waals surface area contributed by atoms with E-state index in [9.17, 15) is 5.11 Å². The van der Waals surface area contributed by atoms with Crippen molar-refractivity contribution in [3.05, 3.63) is 35.9 Å². The Hall–Kier alpha value is -1.41. The van der Waals surface area contributed by atoms with E-state index in [0.717, 1.165) is 5.56 Å². The van der Waals surface area contributed by atoms with Gasteiger partial charge in [-0.15, -0.1) is 0 Å². The molecule has 15 heavy (non-hydrogen) atoms. The molecule has 0 amide bonds. The number of benzene rings is 1. The fourth-order valence-corrected chi connectivity index (χ4v) is 1.17. The quantitative estimate of drug-likeness (QED) is 0.674. The fraction of sp³-hybridized carbons (Fsp3) is 0.364. The number of hydrogen-bond donors (Lipinski definition) is 3. The van der Waals surface area contributed by atoms with Gasteiger partial charge in [0, 0.05) is 12.6 Å². The van der Waals surface area contributed by atoms with Gasteiger partial charge in [0.15, 0.2) is 0 Å². The molecule has 0 aromatic heterocycles. The topological polar surface area (TPSA) is 90.3 Å². The summed E-state index contributed by atoms with van der Waals surface area (Å²) in [5.74, 6) is 0. The highest BCUT2D eigenvalue weighted by Crippen LogP contribution is 2.16. The second-order valence-corrected chi connectivity index (χ2v) is 3.10. The maximum atomic E-state index is 9.63. The highest BCUT2D eigenvalue weighted by Gasteiger charge is 2.10. The van der Waals surface area contributed by atoms with Crippen molar-refractivity contribution >= 4 is 0 Å². The van der Waals surface area contributed by atoms with Gasteiger partial charge in [0.05, 0.1) is 12.7 Å². The van der Waals surface area contributed by atoms with Crippen LogP contribution in [-0.2, 0) is 0 Å². The normalized spacial score (nSPS) is 13.4. The summed E-state index contributed by atoms with van der Waals surface area (Å²) in [7, 11) is 0. The van der Waals surface area contributed by atoms with Gasteiger partial charge in [-0.1, -0.05) is 30.3 Å². The first kappa shape index (κ1) is 13.6. The van der Waals surface area contributed by atoms with E-state index in [4.69, 9.17) is 16.1 Å². The average Bonchev–Trinajstić information content (AvgIpc) is 2.32. The van der Waals surface area contributed by atoms with Gasteiger partial charge >= 0.3 is 0 Å². The van der Waals surface area contributed by atoms with Crippen LogP contribution < -0.4 is 5.73 Å². The molecule has 0 spiro atoms. The van der Waals surface area contributed by atoms with Crippen molar-refractivity contribution in [1.29, 1.82) is 5.26 Å². The van der Waals surface area contributed by atoms with Crippen LogP contribution in [0.3, 0.4) is 0 Å². The number of aliphatic hydroxyl groups excluding tert-OH is 2. The average molecular weight is 208 g/mol. The third kappa shape index (κ3) is 5.13. The van der Waals surface area contributed by atoms with E-state index in [1.54, 1.807) is 0 Å². The minimum atomic E-state index is -0.580. The minimum Gasteiger partial charge on any atom is -0.395 e. The second kappa shape index (κ2) is 7.94. The van der Waals surface area contributed by atoms with E-state index in [0.29, 0.717) is 6.42 Å². The zero-order valence-corrected chi connectivity index (χ0v) is 8.45. The summed E-state index contributed by atoms with van der Waals surface area (Å²) in [6, 6.07) is 8.95. The molecule has 4 nitrogen and oxygen atoms in total. The molecule has 1 rings (SSSR count). The van der Waals surface area contributed by atoms with Crippen LogP contribution in [0.1, 0.15) is 18.1 Å². The van der Waals surface area contributed by atoms with Crippen LogP contribution in [0, 0.1) is 11.8 Å². The molecule has 0 radical (unpaired) electrons. The van der Waals surface area contributed by atoms with Crippen LogP contribution >= 0.6 is 0 Å². The van der Waals surface area contributed by atoms with Crippen molar-refractivity contribution in [3.8, 4) is 6.57 Å². The van der Waals surface area contributed by atoms with Crippen LogP contribution in [0.25, 0.3) is 0 Å². The second-order valence-electron chi connectivity index (χ2n) is 3.10. The molecule has 0 heterocycles. The van der Waals surface area contributed by atoms with Crippen LogP contribution in [0.5, 0.6) is 0 Å². The molecule has 0 aliphatic rings. The lowest BCUT2D eigenvalue weighted by Crippen LogP contribution is -2.26. The Morgan fingerprint density at radius 3 is 2.27 bits per heavy atom. The molecule has 0 fully saturated rings. The van der Waals surface area contributed by atoms with Gasteiger partial charge in [0.25, 0.3) is 0 Å². The van der Waals surface area contributed by atoms with E-state index >= 15 is 0 Å². The van der Waals surface area contributed by atoms with Gasteiger partial charge in [-0.2, -0.15) is 0 Å². The Labute approximate surface area is 89.6 Å². The summed E-state index contributed by atoms with van der Waals surface area (Å²) in [5, 5.41) is 24.8. The van der Waals surface area contributed by atoms with Crippen molar-refractivity contribution < 1.29 is 10.2 Å². The van der Waals surface area contributed by atoms with Crippen molar-refractivity contribution in [2.75, 3.05) is 6.61 Å². The summed E-state index contributed by atoms with van der Waals surface area (Å²) in [4.78, 5) is 0. The number of nitriles is 1. The van der Waals surface area contributed by atoms with Gasteiger partial charge < -0.3 is 15.9 Å². The lowest BCUT2D eigenvalue weighted by molar-refractivity contribution is 0.140. The Kier molecular flexibility index (Phi) is 7.20. The highest BCUT2D eigenvalue weighted by atomic mass is 16.3. The standard InChI is InChI=1S/C10H15NO2.CHN/c11-9(7-12)6-10(13)8-4-2-1-3-5-8;1-2/h1-5,9-10,12-13H,6-7,11H2;1H/t9-,10+;/m1./s1. The maximum absolute atomic E-state index is 9.63.